The van der Waals surface area contributed by atoms with Crippen molar-refractivity contribution in [2.45, 2.75) is 11.7 Å². The second-order valence-electron chi connectivity index (χ2n) is 2.94. The molecule has 0 bridgehead atoms. The zero-order chi connectivity index (χ0) is 10.6. The highest BCUT2D eigenvalue weighted by Crippen LogP contribution is 2.25. The molecule has 2 unspecified atom stereocenters. The molecule has 4 nitrogen and oxygen atoms in total. The maximum atomic E-state index is 11.0. The predicted molar refractivity (Wildman–Crippen MR) is 50.8 cm³/mol. The van der Waals surface area contributed by atoms with Gasteiger partial charge >= 0.3 is 0 Å². The molecule has 0 N–H and O–H groups in total. The van der Waals surface area contributed by atoms with Crippen LogP contribution in [-0.2, 0) is 19.0 Å². The van der Waals surface area contributed by atoms with Crippen molar-refractivity contribution in [2.75, 3.05) is 21.3 Å². The van der Waals surface area contributed by atoms with Gasteiger partial charge in [0.05, 0.1) is 7.11 Å². The van der Waals surface area contributed by atoms with Gasteiger partial charge < -0.3 is 14.2 Å². The molecule has 0 spiro atoms. The number of carbonyl (C=O) groups excluding carboxylic acids is 1. The monoisotopic (exact) mass is 198 g/mol. The largest absolute Gasteiger partial charge is 0.497 e. The van der Waals surface area contributed by atoms with Crippen molar-refractivity contribution >= 4 is 6.29 Å². The Morgan fingerprint density at radius 3 is 2.57 bits per heavy atom. The maximum absolute atomic E-state index is 11.0. The fourth-order valence-corrected chi connectivity index (χ4v) is 1.37. The first-order chi connectivity index (χ1) is 6.72. The summed E-state index contributed by atoms with van der Waals surface area (Å²) in [7, 11) is 4.55. The molecule has 4 heteroatoms. The molecule has 78 valence electrons. The van der Waals surface area contributed by atoms with E-state index in [0.29, 0.717) is 5.76 Å². The number of methoxy groups -OCH3 is 3. The van der Waals surface area contributed by atoms with Gasteiger partial charge in [0.2, 0.25) is 0 Å². The topological polar surface area (TPSA) is 44.8 Å². The average Bonchev–Trinajstić information content (AvgIpc) is 2.28. The van der Waals surface area contributed by atoms with E-state index in [4.69, 9.17) is 14.2 Å². The van der Waals surface area contributed by atoms with Crippen molar-refractivity contribution in [3.05, 3.63) is 24.0 Å². The molecular formula is C10H14O4. The average molecular weight is 198 g/mol. The van der Waals surface area contributed by atoms with E-state index < -0.39 is 11.7 Å². The molecule has 1 aliphatic rings. The summed E-state index contributed by atoms with van der Waals surface area (Å²) in [6.45, 7) is 0. The zero-order valence-corrected chi connectivity index (χ0v) is 8.52. The summed E-state index contributed by atoms with van der Waals surface area (Å²) in [6, 6.07) is 0. The molecule has 0 aromatic heterocycles. The lowest BCUT2D eigenvalue weighted by Gasteiger charge is -2.31. The summed E-state index contributed by atoms with van der Waals surface area (Å²) >= 11 is 0. The molecular weight excluding hydrogens is 184 g/mol. The van der Waals surface area contributed by atoms with E-state index in [1.54, 1.807) is 25.3 Å². The number of ether oxygens (including phenoxy) is 3. The molecule has 0 heterocycles. The molecule has 0 fully saturated rings. The third-order valence-electron chi connectivity index (χ3n) is 2.30. The van der Waals surface area contributed by atoms with Crippen LogP contribution in [-0.4, -0.2) is 39.3 Å². The molecule has 0 aromatic rings. The van der Waals surface area contributed by atoms with Gasteiger partial charge in [0.1, 0.15) is 11.9 Å². The summed E-state index contributed by atoms with van der Waals surface area (Å²) in [4.78, 5) is 11.0. The van der Waals surface area contributed by atoms with E-state index in [2.05, 4.69) is 0 Å². The Labute approximate surface area is 83.1 Å². The molecule has 0 radical (unpaired) electrons. The van der Waals surface area contributed by atoms with Gasteiger partial charge in [-0.25, -0.2) is 0 Å². The lowest BCUT2D eigenvalue weighted by atomic mass is 9.93. The summed E-state index contributed by atoms with van der Waals surface area (Å²) in [5, 5.41) is 0. The predicted octanol–water partition coefficient (Wildman–Crippen LogP) is 0.686. The Kier molecular flexibility index (Phi) is 3.43. The van der Waals surface area contributed by atoms with E-state index in [1.165, 1.54) is 14.2 Å². The lowest BCUT2D eigenvalue weighted by Crippen LogP contribution is -2.45. The Morgan fingerprint density at radius 2 is 2.14 bits per heavy atom. The third-order valence-corrected chi connectivity index (χ3v) is 2.30. The minimum Gasteiger partial charge on any atom is -0.497 e. The number of rotatable bonds is 4. The first-order valence-corrected chi connectivity index (χ1v) is 4.21. The quantitative estimate of drug-likeness (QED) is 0.623. The molecule has 1 aliphatic carbocycles. The summed E-state index contributed by atoms with van der Waals surface area (Å²) < 4.78 is 15.3. The number of allylic oxidation sites excluding steroid dienone is 1. The second kappa shape index (κ2) is 4.39. The molecule has 14 heavy (non-hydrogen) atoms. The van der Waals surface area contributed by atoms with Crippen molar-refractivity contribution < 1.29 is 19.0 Å². The molecule has 0 saturated carbocycles. The number of hydrogen-bond donors (Lipinski definition) is 0. The van der Waals surface area contributed by atoms with E-state index >= 15 is 0 Å². The van der Waals surface area contributed by atoms with Crippen molar-refractivity contribution in [2.24, 2.45) is 0 Å². The van der Waals surface area contributed by atoms with Crippen molar-refractivity contribution in [3.8, 4) is 0 Å². The Bertz CT molecular complexity index is 269. The van der Waals surface area contributed by atoms with Crippen LogP contribution in [0, 0.1) is 0 Å². The van der Waals surface area contributed by atoms with Crippen LogP contribution in [0.1, 0.15) is 0 Å². The van der Waals surface area contributed by atoms with E-state index in [0.717, 1.165) is 6.29 Å². The van der Waals surface area contributed by atoms with Crippen LogP contribution in [0.5, 0.6) is 0 Å². The van der Waals surface area contributed by atoms with Crippen LogP contribution < -0.4 is 0 Å². The number of carbonyl (C=O) groups is 1. The minimum atomic E-state index is -1.03. The number of aldehydes is 1. The van der Waals surface area contributed by atoms with Crippen LogP contribution >= 0.6 is 0 Å². The van der Waals surface area contributed by atoms with Crippen LogP contribution in [0.4, 0.5) is 0 Å². The smallest absolute Gasteiger partial charge is 0.171 e. The van der Waals surface area contributed by atoms with Gasteiger partial charge in [-0.1, -0.05) is 0 Å². The van der Waals surface area contributed by atoms with Crippen molar-refractivity contribution in [3.63, 3.8) is 0 Å². The standard InChI is InChI=1S/C10H14O4/c1-12-8-4-5-10(7-11,14-3)9(6-8)13-2/h4-7,9H,1-3H3. The Hall–Kier alpha value is -1.13. The zero-order valence-electron chi connectivity index (χ0n) is 8.52. The van der Waals surface area contributed by atoms with Gasteiger partial charge in [-0.15, -0.1) is 0 Å². The normalized spacial score (nSPS) is 31.1. The first-order valence-electron chi connectivity index (χ1n) is 4.21. The summed E-state index contributed by atoms with van der Waals surface area (Å²) in [5.74, 6) is 0.659. The van der Waals surface area contributed by atoms with Gasteiger partial charge in [-0.2, -0.15) is 0 Å². The number of hydrogen-bond acceptors (Lipinski definition) is 4. The fraction of sp³-hybridized carbons (Fsp3) is 0.500. The Morgan fingerprint density at radius 1 is 1.43 bits per heavy atom. The molecule has 0 amide bonds. The van der Waals surface area contributed by atoms with E-state index in [1.807, 2.05) is 0 Å². The van der Waals surface area contributed by atoms with Gasteiger partial charge in [-0.3, -0.25) is 4.79 Å². The SMILES string of the molecule is COC1=CC(OC)C(C=O)(OC)C=C1. The first kappa shape index (κ1) is 10.9. The minimum absolute atomic E-state index is 0.454. The molecule has 0 aliphatic heterocycles. The molecule has 1 rings (SSSR count). The Balaban J connectivity index is 2.97. The van der Waals surface area contributed by atoms with E-state index in [9.17, 15) is 4.79 Å². The highest BCUT2D eigenvalue weighted by Gasteiger charge is 2.38. The molecule has 2 atom stereocenters. The van der Waals surface area contributed by atoms with E-state index in [-0.39, 0.29) is 0 Å². The summed E-state index contributed by atoms with van der Waals surface area (Å²) in [5.41, 5.74) is -1.03. The van der Waals surface area contributed by atoms with Crippen LogP contribution in [0.25, 0.3) is 0 Å². The van der Waals surface area contributed by atoms with Gasteiger partial charge in [0, 0.05) is 14.2 Å². The highest BCUT2D eigenvalue weighted by molar-refractivity contribution is 5.69. The fourth-order valence-electron chi connectivity index (χ4n) is 1.37. The maximum Gasteiger partial charge on any atom is 0.171 e. The summed E-state index contributed by atoms with van der Waals surface area (Å²) in [6.07, 6.45) is 5.30. The van der Waals surface area contributed by atoms with Crippen LogP contribution in [0.15, 0.2) is 24.0 Å². The molecule has 0 saturated heterocycles. The van der Waals surface area contributed by atoms with Gasteiger partial charge in [-0.05, 0) is 18.2 Å². The third kappa shape index (κ3) is 1.71. The lowest BCUT2D eigenvalue weighted by molar-refractivity contribution is -0.133. The highest BCUT2D eigenvalue weighted by atomic mass is 16.5. The molecule has 0 aromatic carbocycles. The van der Waals surface area contributed by atoms with Crippen molar-refractivity contribution in [1.82, 2.24) is 0 Å². The second-order valence-corrected chi connectivity index (χ2v) is 2.94. The van der Waals surface area contributed by atoms with Crippen LogP contribution in [0.3, 0.4) is 0 Å². The van der Waals surface area contributed by atoms with Gasteiger partial charge in [0.25, 0.3) is 0 Å². The van der Waals surface area contributed by atoms with Gasteiger partial charge in [0.15, 0.2) is 11.9 Å². The van der Waals surface area contributed by atoms with Crippen LogP contribution in [0.2, 0.25) is 0 Å². The van der Waals surface area contributed by atoms with Crippen molar-refractivity contribution in [1.29, 1.82) is 0 Å².